The third kappa shape index (κ3) is 3.41. The molecule has 0 bridgehead atoms. The highest BCUT2D eigenvalue weighted by atomic mass is 28.3. The van der Waals surface area contributed by atoms with Crippen molar-refractivity contribution in [2.75, 3.05) is 0 Å². The van der Waals surface area contributed by atoms with Gasteiger partial charge in [-0.05, 0) is 5.54 Å². The lowest BCUT2D eigenvalue weighted by Gasteiger charge is -2.21. The molecule has 1 radical (unpaired) electrons. The molecule has 1 heteroatoms. The summed E-state index contributed by atoms with van der Waals surface area (Å²) in [5.41, 5.74) is 1.14. The minimum atomic E-state index is 0.0258. The van der Waals surface area contributed by atoms with Crippen LogP contribution in [-0.2, 0) is 0 Å². The van der Waals surface area contributed by atoms with Crippen LogP contribution in [0.3, 0.4) is 0 Å². The summed E-state index contributed by atoms with van der Waals surface area (Å²) in [7, 11) is 0.0258. The van der Waals surface area contributed by atoms with Crippen molar-refractivity contribution in [3.8, 4) is 0 Å². The van der Waals surface area contributed by atoms with E-state index in [1.54, 1.807) is 12.8 Å². The van der Waals surface area contributed by atoms with Gasteiger partial charge in [0.05, 0.1) is 0 Å². The minimum absolute atomic E-state index is 0.0258. The Hall–Kier alpha value is 0.217. The highest BCUT2D eigenvalue weighted by molar-refractivity contribution is 6.57. The van der Waals surface area contributed by atoms with E-state index in [4.69, 9.17) is 0 Å². The summed E-state index contributed by atoms with van der Waals surface area (Å²) in [6.07, 6.45) is 10.6. The molecule has 0 heterocycles. The molecule has 0 aromatic heterocycles. The van der Waals surface area contributed by atoms with Gasteiger partial charge in [0.1, 0.15) is 0 Å². The van der Waals surface area contributed by atoms with E-state index in [0.29, 0.717) is 0 Å². The molecule has 11 heavy (non-hydrogen) atoms. The van der Waals surface area contributed by atoms with Gasteiger partial charge in [0.15, 0.2) is 0 Å². The first-order chi connectivity index (χ1) is 5.30. The van der Waals surface area contributed by atoms with Crippen LogP contribution < -0.4 is 0 Å². The third-order valence-electron chi connectivity index (χ3n) is 2.92. The summed E-state index contributed by atoms with van der Waals surface area (Å²) in [5, 5.41) is 0. The Kier molecular flexibility index (Phi) is 4.20. The van der Waals surface area contributed by atoms with Crippen LogP contribution in [0.1, 0.15) is 44.9 Å². The Labute approximate surface area is 73.0 Å². The molecule has 1 rings (SSSR count). The second-order valence-corrected chi connectivity index (χ2v) is 7.09. The summed E-state index contributed by atoms with van der Waals surface area (Å²) >= 11 is 0. The molecule has 0 N–H and O–H groups in total. The van der Waals surface area contributed by atoms with Crippen molar-refractivity contribution in [3.63, 3.8) is 0 Å². The minimum Gasteiger partial charge on any atom is -0.0711 e. The molecule has 0 atom stereocenters. The fourth-order valence-electron chi connectivity index (χ4n) is 2.03. The van der Waals surface area contributed by atoms with Gasteiger partial charge in [-0.3, -0.25) is 0 Å². The second-order valence-electron chi connectivity index (χ2n) is 4.12. The molecule has 1 aliphatic carbocycles. The molecule has 0 unspecified atom stereocenters. The van der Waals surface area contributed by atoms with E-state index < -0.39 is 0 Å². The third-order valence-corrected chi connectivity index (χ3v) is 5.13. The Bertz CT molecular complexity index is 91.0. The van der Waals surface area contributed by atoms with E-state index >= 15 is 0 Å². The molecular weight excluding hydrogens is 148 g/mol. The summed E-state index contributed by atoms with van der Waals surface area (Å²) in [5.74, 6) is 0. The van der Waals surface area contributed by atoms with Crippen LogP contribution in [0.5, 0.6) is 0 Å². The van der Waals surface area contributed by atoms with Gasteiger partial charge in [-0.25, -0.2) is 0 Å². The van der Waals surface area contributed by atoms with Crippen LogP contribution in [0, 0.1) is 0 Å². The molecule has 0 aromatic rings. The Morgan fingerprint density at radius 3 is 1.73 bits per heavy atom. The van der Waals surface area contributed by atoms with Gasteiger partial charge < -0.3 is 0 Å². The van der Waals surface area contributed by atoms with Gasteiger partial charge in [-0.1, -0.05) is 58.0 Å². The zero-order valence-electron chi connectivity index (χ0n) is 8.03. The van der Waals surface area contributed by atoms with Crippen molar-refractivity contribution in [2.24, 2.45) is 0 Å². The van der Waals surface area contributed by atoms with Crippen LogP contribution in [0.15, 0.2) is 0 Å². The molecule has 1 aliphatic rings. The van der Waals surface area contributed by atoms with Crippen molar-refractivity contribution in [1.82, 2.24) is 0 Å². The van der Waals surface area contributed by atoms with Crippen molar-refractivity contribution in [2.45, 2.75) is 63.6 Å². The first kappa shape index (κ1) is 9.31. The van der Waals surface area contributed by atoms with Crippen LogP contribution in [0.2, 0.25) is 18.6 Å². The Balaban J connectivity index is 2.26. The molecule has 0 spiro atoms. The van der Waals surface area contributed by atoms with E-state index in [0.717, 1.165) is 5.54 Å². The Morgan fingerprint density at radius 1 is 0.818 bits per heavy atom. The van der Waals surface area contributed by atoms with Crippen molar-refractivity contribution in [1.29, 1.82) is 0 Å². The van der Waals surface area contributed by atoms with Gasteiger partial charge in [-0.2, -0.15) is 0 Å². The maximum Gasteiger partial charge on any atom is 0.0446 e. The van der Waals surface area contributed by atoms with E-state index in [-0.39, 0.29) is 8.80 Å². The largest absolute Gasteiger partial charge is 0.0711 e. The van der Waals surface area contributed by atoms with E-state index in [9.17, 15) is 0 Å². The van der Waals surface area contributed by atoms with Gasteiger partial charge in [0.2, 0.25) is 0 Å². The molecular formula is C10H21Si. The maximum absolute atomic E-state index is 2.48. The van der Waals surface area contributed by atoms with Crippen molar-refractivity contribution in [3.05, 3.63) is 0 Å². The van der Waals surface area contributed by atoms with Crippen LogP contribution >= 0.6 is 0 Å². The van der Waals surface area contributed by atoms with Crippen LogP contribution in [0.25, 0.3) is 0 Å². The van der Waals surface area contributed by atoms with Crippen LogP contribution in [0.4, 0.5) is 0 Å². The van der Waals surface area contributed by atoms with E-state index in [1.807, 2.05) is 0 Å². The van der Waals surface area contributed by atoms with E-state index in [1.165, 1.54) is 32.1 Å². The summed E-state index contributed by atoms with van der Waals surface area (Å²) in [4.78, 5) is 0. The molecule has 0 aliphatic heterocycles. The summed E-state index contributed by atoms with van der Waals surface area (Å²) < 4.78 is 0. The quantitative estimate of drug-likeness (QED) is 0.523. The molecule has 0 aromatic carbocycles. The number of hydrogen-bond acceptors (Lipinski definition) is 0. The topological polar surface area (TPSA) is 0 Å². The second kappa shape index (κ2) is 4.97. The molecule has 0 amide bonds. The first-order valence-corrected chi connectivity index (χ1v) is 7.68. The molecule has 0 saturated heterocycles. The average molecular weight is 169 g/mol. The number of rotatable bonds is 1. The van der Waals surface area contributed by atoms with Gasteiger partial charge in [-0.15, -0.1) is 0 Å². The highest BCUT2D eigenvalue weighted by Crippen LogP contribution is 2.28. The van der Waals surface area contributed by atoms with Gasteiger partial charge >= 0.3 is 0 Å². The molecule has 1 fully saturated rings. The summed E-state index contributed by atoms with van der Waals surface area (Å²) in [6, 6.07) is 0. The monoisotopic (exact) mass is 169 g/mol. The van der Waals surface area contributed by atoms with Crippen molar-refractivity contribution >= 4 is 8.80 Å². The molecule has 1 saturated carbocycles. The van der Waals surface area contributed by atoms with Crippen molar-refractivity contribution < 1.29 is 0 Å². The SMILES string of the molecule is C[Si](C)C1CCCCCCC1. The lowest BCUT2D eigenvalue weighted by atomic mass is 10.0. The standard InChI is InChI=1S/C10H21Si/c1-11(2)10-8-6-4-3-5-7-9-10/h10H,3-9H2,1-2H3. The average Bonchev–Trinajstić information content (AvgIpc) is 1.84. The summed E-state index contributed by atoms with van der Waals surface area (Å²) in [6.45, 7) is 4.97. The van der Waals surface area contributed by atoms with Crippen LogP contribution in [-0.4, -0.2) is 8.80 Å². The first-order valence-electron chi connectivity index (χ1n) is 5.11. The fraction of sp³-hybridized carbons (Fsp3) is 1.00. The van der Waals surface area contributed by atoms with E-state index in [2.05, 4.69) is 13.1 Å². The van der Waals surface area contributed by atoms with Gasteiger partial charge in [0, 0.05) is 8.80 Å². The zero-order valence-corrected chi connectivity index (χ0v) is 9.03. The predicted octanol–water partition coefficient (Wildman–Crippen LogP) is 3.86. The van der Waals surface area contributed by atoms with Gasteiger partial charge in [0.25, 0.3) is 0 Å². The zero-order chi connectivity index (χ0) is 8.10. The molecule has 65 valence electrons. The smallest absolute Gasteiger partial charge is 0.0446 e. The highest BCUT2D eigenvalue weighted by Gasteiger charge is 2.15. The lowest BCUT2D eigenvalue weighted by molar-refractivity contribution is 0.499. The fourth-order valence-corrected chi connectivity index (χ4v) is 3.60. The molecule has 0 nitrogen and oxygen atoms in total. The number of hydrogen-bond donors (Lipinski definition) is 0. The Morgan fingerprint density at radius 2 is 1.27 bits per heavy atom. The maximum atomic E-state index is 2.48. The lowest BCUT2D eigenvalue weighted by Crippen LogP contribution is -2.13. The normalized spacial score (nSPS) is 23.2. The predicted molar refractivity (Wildman–Crippen MR) is 53.6 cm³/mol.